The van der Waals surface area contributed by atoms with Crippen LogP contribution in [0.4, 0.5) is 0 Å². The minimum atomic E-state index is -3.70. The van der Waals surface area contributed by atoms with E-state index in [0.29, 0.717) is 35.1 Å². The molecule has 1 saturated heterocycles. The van der Waals surface area contributed by atoms with Gasteiger partial charge < -0.3 is 20.9 Å². The lowest BCUT2D eigenvalue weighted by molar-refractivity contribution is -0.0948. The minimum Gasteiger partial charge on any atom is -0.381 e. The molecule has 1 aromatic carbocycles. The summed E-state index contributed by atoms with van der Waals surface area (Å²) in [5.74, 6) is 0. The molecule has 1 aromatic heterocycles. The number of thiophene rings is 1. The molecule has 0 bridgehead atoms. The quantitative estimate of drug-likeness (QED) is 0.538. The second kappa shape index (κ2) is 8.20. The van der Waals surface area contributed by atoms with E-state index in [0.717, 1.165) is 5.56 Å². The Hall–Kier alpha value is -0.940. The van der Waals surface area contributed by atoms with Crippen LogP contribution in [0.3, 0.4) is 0 Å². The molecule has 148 valence electrons. The number of thioether (sulfide) groups is 1. The molecule has 0 radical (unpaired) electrons. The van der Waals surface area contributed by atoms with Crippen LogP contribution in [0.1, 0.15) is 29.4 Å². The Morgan fingerprint density at radius 3 is 2.56 bits per heavy atom. The first kappa shape index (κ1) is 20.8. The van der Waals surface area contributed by atoms with Crippen molar-refractivity contribution in [2.24, 2.45) is 11.5 Å². The molecule has 4 N–H and O–H groups in total. The zero-order valence-electron chi connectivity index (χ0n) is 15.3. The topological polar surface area (TPSA) is 105 Å². The Labute approximate surface area is 168 Å². The Balaban J connectivity index is 2.06. The van der Waals surface area contributed by atoms with Gasteiger partial charge in [-0.2, -0.15) is 0 Å². The summed E-state index contributed by atoms with van der Waals surface area (Å²) >= 11 is 2.70. The highest BCUT2D eigenvalue weighted by molar-refractivity contribution is 8.01. The lowest BCUT2D eigenvalue weighted by Gasteiger charge is -2.36. The van der Waals surface area contributed by atoms with Gasteiger partial charge in [-0.05, 0) is 30.0 Å². The van der Waals surface area contributed by atoms with Gasteiger partial charge in [0.25, 0.3) is 0 Å². The molecule has 6 nitrogen and oxygen atoms in total. The molecule has 0 saturated carbocycles. The van der Waals surface area contributed by atoms with E-state index in [-0.39, 0.29) is 9.79 Å². The molecule has 0 aliphatic carbocycles. The molecule has 9 heteroatoms. The van der Waals surface area contributed by atoms with Crippen LogP contribution < -0.4 is 11.5 Å². The van der Waals surface area contributed by atoms with Gasteiger partial charge in [0.1, 0.15) is 0 Å². The predicted molar refractivity (Wildman–Crippen MR) is 108 cm³/mol. The molecule has 0 spiro atoms. The van der Waals surface area contributed by atoms with Gasteiger partial charge in [0, 0.05) is 38.0 Å². The Morgan fingerprint density at radius 2 is 1.96 bits per heavy atom. The second-order valence-corrected chi connectivity index (χ2v) is 10.4. The molecule has 1 fully saturated rings. The molecular weight excluding hydrogens is 404 g/mol. The fourth-order valence-corrected chi connectivity index (χ4v) is 7.23. The summed E-state index contributed by atoms with van der Waals surface area (Å²) in [6, 6.07) is 8.60. The third-order valence-electron chi connectivity index (χ3n) is 4.85. The number of ether oxygens (including phenoxy) is 2. The SMILES string of the molecule is COC1(c2cccc(S(=O)(=O)c3cc(C(N)N)sc3SC)c2)CCOCC1. The first-order chi connectivity index (χ1) is 12.8. The summed E-state index contributed by atoms with van der Waals surface area (Å²) in [5, 5.41) is 0. The Kier molecular flexibility index (Phi) is 6.31. The smallest absolute Gasteiger partial charge is 0.208 e. The third kappa shape index (κ3) is 3.95. The van der Waals surface area contributed by atoms with Crippen molar-refractivity contribution in [3.8, 4) is 0 Å². The molecule has 27 heavy (non-hydrogen) atoms. The van der Waals surface area contributed by atoms with Crippen molar-refractivity contribution >= 4 is 32.9 Å². The highest BCUT2D eigenvalue weighted by Gasteiger charge is 2.35. The number of benzene rings is 1. The summed E-state index contributed by atoms with van der Waals surface area (Å²) in [5.41, 5.74) is 11.8. The van der Waals surface area contributed by atoms with Gasteiger partial charge in [0.15, 0.2) is 0 Å². The number of sulfone groups is 1. The monoisotopic (exact) mass is 428 g/mol. The number of nitrogens with two attached hydrogens (primary N) is 2. The number of rotatable bonds is 6. The largest absolute Gasteiger partial charge is 0.381 e. The van der Waals surface area contributed by atoms with E-state index in [2.05, 4.69) is 0 Å². The van der Waals surface area contributed by atoms with Crippen molar-refractivity contribution in [1.82, 2.24) is 0 Å². The molecule has 1 aliphatic heterocycles. The van der Waals surface area contributed by atoms with Gasteiger partial charge in [-0.25, -0.2) is 8.42 Å². The number of methoxy groups -OCH3 is 1. The van der Waals surface area contributed by atoms with Gasteiger partial charge in [0.2, 0.25) is 9.84 Å². The predicted octanol–water partition coefficient (Wildman–Crippen LogP) is 2.87. The van der Waals surface area contributed by atoms with E-state index in [4.69, 9.17) is 20.9 Å². The van der Waals surface area contributed by atoms with Gasteiger partial charge in [-0.15, -0.1) is 23.1 Å². The fraction of sp³-hybridized carbons (Fsp3) is 0.444. The highest BCUT2D eigenvalue weighted by Crippen LogP contribution is 2.40. The standard InChI is InChI=1S/C18H24N2O4S3/c1-23-18(6-8-24-9-7-18)12-4-3-5-13(10-12)27(21,22)15-11-14(16(19)20)26-17(15)25-2/h3-5,10-11,16H,6-9,19-20H2,1-2H3. The summed E-state index contributed by atoms with van der Waals surface area (Å²) in [4.78, 5) is 1.14. The van der Waals surface area contributed by atoms with Crippen LogP contribution in [0.5, 0.6) is 0 Å². The lowest BCUT2D eigenvalue weighted by atomic mass is 9.86. The molecule has 0 amide bonds. The molecule has 1 aliphatic rings. The maximum absolute atomic E-state index is 13.3. The van der Waals surface area contributed by atoms with E-state index in [1.165, 1.54) is 23.1 Å². The van der Waals surface area contributed by atoms with Crippen LogP contribution in [0.25, 0.3) is 0 Å². The number of hydrogen-bond donors (Lipinski definition) is 2. The zero-order valence-corrected chi connectivity index (χ0v) is 17.8. The summed E-state index contributed by atoms with van der Waals surface area (Å²) in [6.45, 7) is 1.17. The fourth-order valence-electron chi connectivity index (χ4n) is 3.25. The van der Waals surface area contributed by atoms with E-state index < -0.39 is 21.6 Å². The first-order valence-corrected chi connectivity index (χ1v) is 12.0. The van der Waals surface area contributed by atoms with E-state index in [1.54, 1.807) is 31.4 Å². The van der Waals surface area contributed by atoms with Crippen molar-refractivity contribution in [3.05, 3.63) is 40.8 Å². The third-order valence-corrected chi connectivity index (χ3v) is 9.26. The van der Waals surface area contributed by atoms with Crippen molar-refractivity contribution < 1.29 is 17.9 Å². The van der Waals surface area contributed by atoms with E-state index in [9.17, 15) is 8.42 Å². The van der Waals surface area contributed by atoms with Crippen molar-refractivity contribution in [2.75, 3.05) is 26.6 Å². The van der Waals surface area contributed by atoms with Crippen molar-refractivity contribution in [2.45, 2.75) is 38.6 Å². The maximum atomic E-state index is 13.3. The molecular formula is C18H24N2O4S3. The van der Waals surface area contributed by atoms with E-state index >= 15 is 0 Å². The maximum Gasteiger partial charge on any atom is 0.208 e. The second-order valence-electron chi connectivity index (χ2n) is 6.37. The van der Waals surface area contributed by atoms with Crippen LogP contribution in [0.15, 0.2) is 44.3 Å². The summed E-state index contributed by atoms with van der Waals surface area (Å²) in [7, 11) is -2.04. The molecule has 2 heterocycles. The van der Waals surface area contributed by atoms with Crippen LogP contribution in [0, 0.1) is 0 Å². The summed E-state index contributed by atoms with van der Waals surface area (Å²) < 4.78 is 38.6. The molecule has 0 unspecified atom stereocenters. The molecule has 3 rings (SSSR count). The number of hydrogen-bond acceptors (Lipinski definition) is 8. The van der Waals surface area contributed by atoms with Gasteiger partial charge >= 0.3 is 0 Å². The Bertz CT molecular complexity index is 903. The van der Waals surface area contributed by atoms with Gasteiger partial charge in [0.05, 0.1) is 25.8 Å². The van der Waals surface area contributed by atoms with Crippen LogP contribution in [-0.2, 0) is 24.9 Å². The summed E-state index contributed by atoms with van der Waals surface area (Å²) in [6.07, 6.45) is 2.52. The normalized spacial score (nSPS) is 17.4. The molecule has 0 atom stereocenters. The highest BCUT2D eigenvalue weighted by atomic mass is 32.2. The zero-order chi connectivity index (χ0) is 19.7. The van der Waals surface area contributed by atoms with E-state index in [1.807, 2.05) is 12.3 Å². The molecule has 2 aromatic rings. The van der Waals surface area contributed by atoms with Gasteiger partial charge in [-0.3, -0.25) is 0 Å². The van der Waals surface area contributed by atoms with Crippen LogP contribution in [0.2, 0.25) is 0 Å². The van der Waals surface area contributed by atoms with Crippen molar-refractivity contribution in [3.63, 3.8) is 0 Å². The average Bonchev–Trinajstić information content (AvgIpc) is 3.14. The van der Waals surface area contributed by atoms with Crippen molar-refractivity contribution in [1.29, 1.82) is 0 Å². The minimum absolute atomic E-state index is 0.244. The van der Waals surface area contributed by atoms with Gasteiger partial charge in [-0.1, -0.05) is 12.1 Å². The van der Waals surface area contributed by atoms with Crippen LogP contribution in [-0.4, -0.2) is 35.0 Å². The van der Waals surface area contributed by atoms with Crippen LogP contribution >= 0.6 is 23.1 Å². The first-order valence-electron chi connectivity index (χ1n) is 8.51. The lowest BCUT2D eigenvalue weighted by Crippen LogP contribution is -2.35. The Morgan fingerprint density at radius 1 is 1.26 bits per heavy atom. The average molecular weight is 429 g/mol.